The third kappa shape index (κ3) is 3.84. The van der Waals surface area contributed by atoms with Crippen molar-refractivity contribution in [2.75, 3.05) is 5.32 Å². The van der Waals surface area contributed by atoms with Gasteiger partial charge in [-0.25, -0.2) is 9.78 Å². The third-order valence-corrected chi connectivity index (χ3v) is 5.85. The van der Waals surface area contributed by atoms with Gasteiger partial charge in [-0.1, -0.05) is 0 Å². The highest BCUT2D eigenvalue weighted by Gasteiger charge is 2.10. The number of benzene rings is 2. The van der Waals surface area contributed by atoms with Crippen LogP contribution in [0, 0.1) is 0 Å². The van der Waals surface area contributed by atoms with Crippen molar-refractivity contribution in [2.24, 2.45) is 0 Å². The zero-order chi connectivity index (χ0) is 22.1. The zero-order valence-corrected chi connectivity index (χ0v) is 17.3. The monoisotopic (exact) mass is 441 g/mol. The minimum absolute atomic E-state index is 0.226. The molecular formula is C23H15N5O3S. The number of fused-ring (bicyclic) bond motifs is 1. The lowest BCUT2D eigenvalue weighted by Crippen LogP contribution is -2.27. The van der Waals surface area contributed by atoms with Crippen LogP contribution in [-0.4, -0.2) is 25.4 Å². The Bertz CT molecular complexity index is 1550. The number of nitrogens with zero attached hydrogens (tertiary/aromatic N) is 3. The molecule has 0 aliphatic carbocycles. The summed E-state index contributed by atoms with van der Waals surface area (Å²) in [7, 11) is 0. The number of hydrogen-bond acceptors (Lipinski definition) is 6. The van der Waals surface area contributed by atoms with Gasteiger partial charge in [0.1, 0.15) is 5.01 Å². The van der Waals surface area contributed by atoms with Crippen LogP contribution in [0.4, 0.5) is 5.69 Å². The molecule has 32 heavy (non-hydrogen) atoms. The van der Waals surface area contributed by atoms with Crippen LogP contribution in [0.5, 0.6) is 0 Å². The summed E-state index contributed by atoms with van der Waals surface area (Å²) < 4.78 is 2.28. The van der Waals surface area contributed by atoms with Gasteiger partial charge < -0.3 is 5.32 Å². The van der Waals surface area contributed by atoms with Gasteiger partial charge in [0.05, 0.1) is 21.5 Å². The van der Waals surface area contributed by atoms with Crippen LogP contribution < -0.4 is 16.6 Å². The molecule has 156 valence electrons. The molecule has 0 saturated carbocycles. The van der Waals surface area contributed by atoms with E-state index in [1.165, 1.54) is 34.4 Å². The van der Waals surface area contributed by atoms with E-state index >= 15 is 0 Å². The fourth-order valence-electron chi connectivity index (χ4n) is 3.20. The molecule has 0 bridgehead atoms. The van der Waals surface area contributed by atoms with Crippen LogP contribution in [-0.2, 0) is 0 Å². The minimum atomic E-state index is -0.495. The SMILES string of the molecule is O=C(Nc1ccc(-c2nc3ccc(-n4ccc(=O)[nH]c4=O)cc3s2)cc1)c1cccnc1. The molecule has 1 amide bonds. The van der Waals surface area contributed by atoms with Crippen LogP contribution in [0.2, 0.25) is 0 Å². The van der Waals surface area contributed by atoms with Crippen LogP contribution in [0.1, 0.15) is 10.4 Å². The predicted octanol–water partition coefficient (Wildman–Crippen LogP) is 3.45. The van der Waals surface area contributed by atoms with E-state index in [0.717, 1.165) is 20.8 Å². The van der Waals surface area contributed by atoms with E-state index in [1.807, 2.05) is 36.4 Å². The Morgan fingerprint density at radius 3 is 2.62 bits per heavy atom. The molecule has 9 heteroatoms. The van der Waals surface area contributed by atoms with Crippen molar-refractivity contribution in [3.63, 3.8) is 0 Å². The van der Waals surface area contributed by atoms with Gasteiger partial charge in [-0.3, -0.25) is 24.1 Å². The Balaban J connectivity index is 1.40. The van der Waals surface area contributed by atoms with Crippen molar-refractivity contribution in [1.29, 1.82) is 0 Å². The lowest BCUT2D eigenvalue weighted by molar-refractivity contribution is 0.102. The van der Waals surface area contributed by atoms with Gasteiger partial charge in [-0.2, -0.15) is 0 Å². The second kappa shape index (κ2) is 8.05. The molecule has 5 rings (SSSR count). The average molecular weight is 441 g/mol. The molecule has 3 aromatic heterocycles. The maximum atomic E-state index is 12.3. The molecule has 0 atom stereocenters. The number of pyridine rings is 1. The number of anilines is 1. The first-order valence-electron chi connectivity index (χ1n) is 9.62. The number of rotatable bonds is 4. The second-order valence-electron chi connectivity index (χ2n) is 6.92. The van der Waals surface area contributed by atoms with Crippen LogP contribution in [0.25, 0.3) is 26.5 Å². The van der Waals surface area contributed by atoms with Gasteiger partial charge in [0.15, 0.2) is 0 Å². The largest absolute Gasteiger partial charge is 0.332 e. The number of carbonyl (C=O) groups excluding carboxylic acids is 1. The molecule has 0 radical (unpaired) electrons. The van der Waals surface area contributed by atoms with E-state index in [1.54, 1.807) is 24.4 Å². The highest BCUT2D eigenvalue weighted by Crippen LogP contribution is 2.31. The Morgan fingerprint density at radius 1 is 1.03 bits per heavy atom. The van der Waals surface area contributed by atoms with Gasteiger partial charge >= 0.3 is 5.69 Å². The molecule has 0 fully saturated rings. The summed E-state index contributed by atoms with van der Waals surface area (Å²) in [6, 6.07) is 17.6. The van der Waals surface area contributed by atoms with Gasteiger partial charge in [0.2, 0.25) is 0 Å². The lowest BCUT2D eigenvalue weighted by Gasteiger charge is -2.05. The number of amides is 1. The van der Waals surface area contributed by atoms with Crippen molar-refractivity contribution in [1.82, 2.24) is 19.5 Å². The molecule has 3 heterocycles. The van der Waals surface area contributed by atoms with Gasteiger partial charge in [-0.05, 0) is 54.6 Å². The number of aromatic nitrogens is 4. The molecule has 0 aliphatic rings. The van der Waals surface area contributed by atoms with E-state index in [9.17, 15) is 14.4 Å². The van der Waals surface area contributed by atoms with Crippen molar-refractivity contribution in [2.45, 2.75) is 0 Å². The van der Waals surface area contributed by atoms with Crippen LogP contribution in [0.15, 0.2) is 88.8 Å². The first kappa shape index (κ1) is 19.6. The standard InChI is InChI=1S/C23H15N5O3S/c29-20-9-11-28(23(31)27-20)17-7-8-18-19(12-17)32-22(26-18)14-3-5-16(6-4-14)25-21(30)15-2-1-10-24-13-15/h1-13H,(H,25,30)(H,27,29,31). The molecule has 0 aliphatic heterocycles. The second-order valence-corrected chi connectivity index (χ2v) is 7.96. The maximum Gasteiger partial charge on any atom is 0.332 e. The number of carbonyl (C=O) groups is 1. The van der Waals surface area contributed by atoms with E-state index in [2.05, 4.69) is 20.3 Å². The van der Waals surface area contributed by atoms with E-state index in [4.69, 9.17) is 0 Å². The van der Waals surface area contributed by atoms with Crippen molar-refractivity contribution in [3.05, 3.63) is 106 Å². The first-order valence-corrected chi connectivity index (χ1v) is 10.4. The van der Waals surface area contributed by atoms with Crippen molar-refractivity contribution in [3.8, 4) is 16.3 Å². The summed E-state index contributed by atoms with van der Waals surface area (Å²) in [5.41, 5.74) is 2.58. The third-order valence-electron chi connectivity index (χ3n) is 4.79. The quantitative estimate of drug-likeness (QED) is 0.444. The zero-order valence-electron chi connectivity index (χ0n) is 16.5. The summed E-state index contributed by atoms with van der Waals surface area (Å²) in [6.45, 7) is 0. The van der Waals surface area contributed by atoms with Crippen LogP contribution >= 0.6 is 11.3 Å². The number of thiazole rings is 1. The number of nitrogens with one attached hydrogen (secondary N) is 2. The summed E-state index contributed by atoms with van der Waals surface area (Å²) in [5.74, 6) is -0.226. The maximum absolute atomic E-state index is 12.3. The molecule has 2 aromatic carbocycles. The van der Waals surface area contributed by atoms with E-state index < -0.39 is 11.2 Å². The van der Waals surface area contributed by atoms with Crippen molar-refractivity contribution < 1.29 is 4.79 Å². The highest BCUT2D eigenvalue weighted by atomic mass is 32.1. The summed E-state index contributed by atoms with van der Waals surface area (Å²) in [6.07, 6.45) is 4.58. The van der Waals surface area contributed by atoms with E-state index in [0.29, 0.717) is 16.9 Å². The van der Waals surface area contributed by atoms with Gasteiger partial charge in [0, 0.05) is 35.9 Å². The molecular weight excluding hydrogens is 426 g/mol. The van der Waals surface area contributed by atoms with Crippen molar-refractivity contribution >= 4 is 33.1 Å². The summed E-state index contributed by atoms with van der Waals surface area (Å²) >= 11 is 1.49. The molecule has 0 unspecified atom stereocenters. The topological polar surface area (TPSA) is 110 Å². The predicted molar refractivity (Wildman–Crippen MR) is 123 cm³/mol. The highest BCUT2D eigenvalue weighted by molar-refractivity contribution is 7.21. The normalized spacial score (nSPS) is 10.9. The molecule has 0 spiro atoms. The fourth-order valence-corrected chi connectivity index (χ4v) is 4.21. The summed E-state index contributed by atoms with van der Waals surface area (Å²) in [5, 5.41) is 3.66. The lowest BCUT2D eigenvalue weighted by atomic mass is 10.2. The Kier molecular flexibility index (Phi) is 4.92. The van der Waals surface area contributed by atoms with Gasteiger partial charge in [-0.15, -0.1) is 11.3 Å². The van der Waals surface area contributed by atoms with Gasteiger partial charge in [0.25, 0.3) is 11.5 Å². The molecule has 8 nitrogen and oxygen atoms in total. The molecule has 0 saturated heterocycles. The fraction of sp³-hybridized carbons (Fsp3) is 0. The molecule has 2 N–H and O–H groups in total. The Morgan fingerprint density at radius 2 is 1.88 bits per heavy atom. The first-order chi connectivity index (χ1) is 15.6. The van der Waals surface area contributed by atoms with Crippen LogP contribution in [0.3, 0.4) is 0 Å². The molecule has 5 aromatic rings. The van der Waals surface area contributed by atoms with E-state index in [-0.39, 0.29) is 5.91 Å². The summed E-state index contributed by atoms with van der Waals surface area (Å²) in [4.78, 5) is 46.5. The number of aromatic amines is 1. The number of H-pyrrole nitrogens is 1. The Labute approximate surface area is 184 Å². The Hall–Kier alpha value is -4.37. The number of hydrogen-bond donors (Lipinski definition) is 2. The average Bonchev–Trinajstić information content (AvgIpc) is 3.23. The minimum Gasteiger partial charge on any atom is -0.322 e. The smallest absolute Gasteiger partial charge is 0.322 e.